The highest BCUT2D eigenvalue weighted by molar-refractivity contribution is 5.05. The molecule has 52 valence electrons. The van der Waals surface area contributed by atoms with Crippen LogP contribution in [0.25, 0.3) is 0 Å². The minimum atomic E-state index is 0.810. The van der Waals surface area contributed by atoms with Gasteiger partial charge in [-0.3, -0.25) is 4.48 Å². The first kappa shape index (κ1) is 8.44. The second-order valence-corrected chi connectivity index (χ2v) is 3.00. The number of likely N-dealkylation sites (N-methyl/N-ethyl adjacent to an activating group) is 1. The second-order valence-electron chi connectivity index (χ2n) is 3.00. The molecule has 0 rings (SSSR count). The molecular formula is C8H16N+. The van der Waals surface area contributed by atoms with E-state index in [1.165, 1.54) is 0 Å². The summed E-state index contributed by atoms with van der Waals surface area (Å²) >= 11 is 0. The molecule has 0 atom stereocenters. The Morgan fingerprint density at radius 2 is 1.78 bits per heavy atom. The Labute approximate surface area is 57.9 Å². The van der Waals surface area contributed by atoms with Gasteiger partial charge in [0, 0.05) is 0 Å². The molecule has 0 saturated carbocycles. The summed E-state index contributed by atoms with van der Waals surface area (Å²) in [4.78, 5) is 0. The van der Waals surface area contributed by atoms with Crippen molar-refractivity contribution in [3.8, 4) is 0 Å². The average molecular weight is 126 g/mol. The Bertz CT molecular complexity index is 126. The minimum absolute atomic E-state index is 0.810. The van der Waals surface area contributed by atoms with E-state index in [4.69, 9.17) is 0 Å². The summed E-state index contributed by atoms with van der Waals surface area (Å²) in [6, 6.07) is 0. The van der Waals surface area contributed by atoms with E-state index in [1.807, 2.05) is 19.1 Å². The van der Waals surface area contributed by atoms with E-state index in [-0.39, 0.29) is 0 Å². The summed E-state index contributed by atoms with van der Waals surface area (Å²) in [5.74, 6) is 0. The Kier molecular flexibility index (Phi) is 2.65. The SMILES string of the molecule is C=C(C=CC)[N+](C)(C)C. The molecule has 0 fully saturated rings. The largest absolute Gasteiger partial charge is 0.299 e. The van der Waals surface area contributed by atoms with Gasteiger partial charge in [-0.05, 0) is 19.6 Å². The van der Waals surface area contributed by atoms with Crippen LogP contribution in [0.2, 0.25) is 0 Å². The van der Waals surface area contributed by atoms with Gasteiger partial charge in [-0.2, -0.15) is 0 Å². The molecule has 0 bridgehead atoms. The highest BCUT2D eigenvalue weighted by Gasteiger charge is 2.08. The van der Waals surface area contributed by atoms with Crippen molar-refractivity contribution in [1.82, 2.24) is 0 Å². The van der Waals surface area contributed by atoms with Crippen molar-refractivity contribution in [3.63, 3.8) is 0 Å². The van der Waals surface area contributed by atoms with Gasteiger partial charge in [-0.1, -0.05) is 6.08 Å². The summed E-state index contributed by atoms with van der Waals surface area (Å²) in [5.41, 5.74) is 1.12. The third-order valence-electron chi connectivity index (χ3n) is 1.22. The summed E-state index contributed by atoms with van der Waals surface area (Å²) in [6.07, 6.45) is 4.03. The van der Waals surface area contributed by atoms with E-state index in [0.717, 1.165) is 10.2 Å². The molecule has 9 heavy (non-hydrogen) atoms. The van der Waals surface area contributed by atoms with E-state index in [0.29, 0.717) is 0 Å². The molecule has 0 aliphatic carbocycles. The molecule has 0 aliphatic rings. The lowest BCUT2D eigenvalue weighted by Gasteiger charge is -2.23. The molecule has 0 unspecified atom stereocenters. The van der Waals surface area contributed by atoms with Gasteiger partial charge < -0.3 is 0 Å². The standard InChI is InChI=1S/C8H16N/c1-6-7-8(2)9(3,4)5/h6-7H,2H2,1,3-5H3/q+1. The number of hydrogen-bond donors (Lipinski definition) is 0. The van der Waals surface area contributed by atoms with Crippen LogP contribution in [0.3, 0.4) is 0 Å². The molecule has 0 aliphatic heterocycles. The second kappa shape index (κ2) is 2.83. The van der Waals surface area contributed by atoms with Crippen molar-refractivity contribution in [2.45, 2.75) is 6.92 Å². The van der Waals surface area contributed by atoms with Crippen LogP contribution in [0.4, 0.5) is 0 Å². The molecule has 0 saturated heterocycles. The smallest absolute Gasteiger partial charge is 0.124 e. The first-order chi connectivity index (χ1) is 3.98. The van der Waals surface area contributed by atoms with E-state index < -0.39 is 0 Å². The van der Waals surface area contributed by atoms with Gasteiger partial charge in [0.2, 0.25) is 0 Å². The quantitative estimate of drug-likeness (QED) is 0.391. The summed E-state index contributed by atoms with van der Waals surface area (Å²) < 4.78 is 0.810. The number of quaternary nitrogens is 1. The Hall–Kier alpha value is -0.560. The van der Waals surface area contributed by atoms with E-state index in [1.54, 1.807) is 0 Å². The molecule has 0 aromatic rings. The van der Waals surface area contributed by atoms with Crippen molar-refractivity contribution < 1.29 is 4.48 Å². The number of allylic oxidation sites excluding steroid dienone is 2. The van der Waals surface area contributed by atoms with Crippen molar-refractivity contribution in [3.05, 3.63) is 24.4 Å². The molecule has 0 aromatic heterocycles. The van der Waals surface area contributed by atoms with Crippen LogP contribution < -0.4 is 0 Å². The zero-order valence-electron chi connectivity index (χ0n) is 6.81. The minimum Gasteiger partial charge on any atom is -0.299 e. The molecular weight excluding hydrogens is 110 g/mol. The molecule has 0 aromatic carbocycles. The van der Waals surface area contributed by atoms with Crippen LogP contribution in [0.5, 0.6) is 0 Å². The molecule has 0 N–H and O–H groups in total. The third-order valence-corrected chi connectivity index (χ3v) is 1.22. The zero-order valence-corrected chi connectivity index (χ0v) is 6.81. The van der Waals surface area contributed by atoms with Gasteiger partial charge >= 0.3 is 0 Å². The van der Waals surface area contributed by atoms with Crippen molar-refractivity contribution in [2.75, 3.05) is 21.1 Å². The maximum Gasteiger partial charge on any atom is 0.124 e. The third kappa shape index (κ3) is 3.09. The predicted molar refractivity (Wildman–Crippen MR) is 42.0 cm³/mol. The maximum atomic E-state index is 3.90. The van der Waals surface area contributed by atoms with Gasteiger partial charge in [-0.25, -0.2) is 0 Å². The van der Waals surface area contributed by atoms with Gasteiger partial charge in [-0.15, -0.1) is 0 Å². The van der Waals surface area contributed by atoms with Gasteiger partial charge in [0.15, 0.2) is 0 Å². The highest BCUT2D eigenvalue weighted by Crippen LogP contribution is 2.04. The predicted octanol–water partition coefficient (Wildman–Crippen LogP) is 1.78. The van der Waals surface area contributed by atoms with Crippen molar-refractivity contribution in [1.29, 1.82) is 0 Å². The van der Waals surface area contributed by atoms with Crippen molar-refractivity contribution in [2.24, 2.45) is 0 Å². The van der Waals surface area contributed by atoms with E-state index in [9.17, 15) is 0 Å². The summed E-state index contributed by atoms with van der Waals surface area (Å²) in [5, 5.41) is 0. The van der Waals surface area contributed by atoms with Gasteiger partial charge in [0.05, 0.1) is 21.1 Å². The van der Waals surface area contributed by atoms with E-state index >= 15 is 0 Å². The molecule has 1 nitrogen and oxygen atoms in total. The molecule has 0 radical (unpaired) electrons. The topological polar surface area (TPSA) is 0 Å². The fourth-order valence-corrected chi connectivity index (χ4v) is 0.416. The Balaban J connectivity index is 4.06. The van der Waals surface area contributed by atoms with Crippen LogP contribution in [0.15, 0.2) is 24.4 Å². The van der Waals surface area contributed by atoms with E-state index in [2.05, 4.69) is 27.7 Å². The normalized spacial score (nSPS) is 12.4. The van der Waals surface area contributed by atoms with Crippen LogP contribution in [-0.4, -0.2) is 25.6 Å². The monoisotopic (exact) mass is 126 g/mol. The lowest BCUT2D eigenvalue weighted by Crippen LogP contribution is -2.31. The fourth-order valence-electron chi connectivity index (χ4n) is 0.416. The molecule has 0 heterocycles. The lowest BCUT2D eigenvalue weighted by atomic mass is 10.3. The average Bonchev–Trinajstić information content (AvgIpc) is 1.64. The number of rotatable bonds is 2. The fraction of sp³-hybridized carbons (Fsp3) is 0.500. The summed E-state index contributed by atoms with van der Waals surface area (Å²) in [6.45, 7) is 5.90. The number of nitrogens with zero attached hydrogens (tertiary/aromatic N) is 1. The molecule has 1 heteroatoms. The van der Waals surface area contributed by atoms with Crippen LogP contribution in [-0.2, 0) is 0 Å². The maximum absolute atomic E-state index is 3.90. The Morgan fingerprint density at radius 1 is 1.33 bits per heavy atom. The van der Waals surface area contributed by atoms with Crippen LogP contribution in [0, 0.1) is 0 Å². The molecule has 0 spiro atoms. The van der Waals surface area contributed by atoms with Crippen LogP contribution >= 0.6 is 0 Å². The highest BCUT2D eigenvalue weighted by atomic mass is 15.3. The molecule has 0 amide bonds. The zero-order chi connectivity index (χ0) is 7.49. The number of hydrogen-bond acceptors (Lipinski definition) is 0. The van der Waals surface area contributed by atoms with Gasteiger partial charge in [0.25, 0.3) is 0 Å². The first-order valence-corrected chi connectivity index (χ1v) is 3.12. The lowest BCUT2D eigenvalue weighted by molar-refractivity contribution is -0.827. The van der Waals surface area contributed by atoms with Crippen molar-refractivity contribution >= 4 is 0 Å². The Morgan fingerprint density at radius 3 is 1.89 bits per heavy atom. The van der Waals surface area contributed by atoms with Crippen LogP contribution in [0.1, 0.15) is 6.92 Å². The van der Waals surface area contributed by atoms with Gasteiger partial charge in [0.1, 0.15) is 5.70 Å². The first-order valence-electron chi connectivity index (χ1n) is 3.12. The summed E-state index contributed by atoms with van der Waals surface area (Å²) in [7, 11) is 6.30.